The first-order chi connectivity index (χ1) is 7.04. The molecule has 1 unspecified atom stereocenters. The Balaban J connectivity index is 2.80. The Morgan fingerprint density at radius 2 is 2.13 bits per heavy atom. The smallest absolute Gasteiger partial charge is 0.146 e. The number of nitrogens with two attached hydrogens (primary N) is 1. The molecule has 0 saturated heterocycles. The summed E-state index contributed by atoms with van der Waals surface area (Å²) in [6.45, 7) is 0.0676. The summed E-state index contributed by atoms with van der Waals surface area (Å²) in [4.78, 5) is 1.47. The predicted octanol–water partition coefficient (Wildman–Crippen LogP) is 0.721. The molecule has 0 radical (unpaired) electrons. The topological polar surface area (TPSA) is 49.5 Å². The second-order valence-electron chi connectivity index (χ2n) is 3.42. The summed E-state index contributed by atoms with van der Waals surface area (Å²) >= 11 is 0. The highest BCUT2D eigenvalue weighted by atomic mass is 19.1. The number of nitrogens with zero attached hydrogens (tertiary/aromatic N) is 1. The van der Waals surface area contributed by atoms with Crippen LogP contribution in [0.4, 0.5) is 14.5 Å². The van der Waals surface area contributed by atoms with Crippen LogP contribution in [0.5, 0.6) is 0 Å². The van der Waals surface area contributed by atoms with E-state index in [4.69, 9.17) is 10.8 Å². The lowest BCUT2D eigenvalue weighted by atomic mass is 10.2. The molecule has 1 aromatic carbocycles. The van der Waals surface area contributed by atoms with Gasteiger partial charge in [0.15, 0.2) is 0 Å². The molecule has 3 nitrogen and oxygen atoms in total. The van der Waals surface area contributed by atoms with Gasteiger partial charge in [-0.2, -0.15) is 0 Å². The number of benzene rings is 1. The van der Waals surface area contributed by atoms with Gasteiger partial charge in [-0.3, -0.25) is 0 Å². The molecular weight excluding hydrogens is 202 g/mol. The van der Waals surface area contributed by atoms with Gasteiger partial charge in [0, 0.05) is 25.7 Å². The molecule has 0 aromatic heterocycles. The molecule has 0 fully saturated rings. The van der Waals surface area contributed by atoms with Crippen LogP contribution in [0.3, 0.4) is 0 Å². The molecule has 3 N–H and O–H groups in total. The van der Waals surface area contributed by atoms with Crippen LogP contribution in [0.15, 0.2) is 18.2 Å². The highest BCUT2D eigenvalue weighted by Gasteiger charge is 2.11. The fourth-order valence-corrected chi connectivity index (χ4v) is 1.29. The van der Waals surface area contributed by atoms with Crippen molar-refractivity contribution in [3.63, 3.8) is 0 Å². The fraction of sp³-hybridized carbons (Fsp3) is 0.400. The summed E-state index contributed by atoms with van der Waals surface area (Å²) in [6.07, 6.45) is 0. The second kappa shape index (κ2) is 5.04. The minimum absolute atomic E-state index is 0.138. The van der Waals surface area contributed by atoms with E-state index in [2.05, 4.69) is 0 Å². The summed E-state index contributed by atoms with van der Waals surface area (Å²) < 4.78 is 26.1. The van der Waals surface area contributed by atoms with Gasteiger partial charge in [0.05, 0.1) is 12.3 Å². The number of likely N-dealkylation sites (N-methyl/N-ethyl adjacent to an activating group) is 1. The van der Waals surface area contributed by atoms with Crippen LogP contribution in [-0.4, -0.2) is 31.3 Å². The molecule has 0 saturated carbocycles. The molecule has 1 rings (SSSR count). The third-order valence-corrected chi connectivity index (χ3v) is 2.06. The Morgan fingerprint density at radius 1 is 1.47 bits per heavy atom. The van der Waals surface area contributed by atoms with Gasteiger partial charge in [-0.05, 0) is 12.1 Å². The molecule has 0 bridgehead atoms. The van der Waals surface area contributed by atoms with E-state index >= 15 is 0 Å². The van der Waals surface area contributed by atoms with Gasteiger partial charge in [0.25, 0.3) is 0 Å². The van der Waals surface area contributed by atoms with Crippen molar-refractivity contribution < 1.29 is 13.9 Å². The van der Waals surface area contributed by atoms with Crippen LogP contribution < -0.4 is 10.6 Å². The fourth-order valence-electron chi connectivity index (χ4n) is 1.29. The Labute approximate surface area is 87.1 Å². The molecule has 0 amide bonds. The lowest BCUT2D eigenvalue weighted by Crippen LogP contribution is -2.38. The molecule has 1 aromatic rings. The van der Waals surface area contributed by atoms with Gasteiger partial charge in [-0.1, -0.05) is 0 Å². The zero-order chi connectivity index (χ0) is 11.4. The average molecular weight is 216 g/mol. The van der Waals surface area contributed by atoms with Crippen LogP contribution in [0, 0.1) is 11.6 Å². The summed E-state index contributed by atoms with van der Waals surface area (Å²) in [7, 11) is 1.59. The lowest BCUT2D eigenvalue weighted by molar-refractivity contribution is 0.267. The maximum absolute atomic E-state index is 13.3. The summed E-state index contributed by atoms with van der Waals surface area (Å²) in [5.41, 5.74) is 5.63. The van der Waals surface area contributed by atoms with E-state index < -0.39 is 17.7 Å². The van der Waals surface area contributed by atoms with E-state index in [1.54, 1.807) is 7.05 Å². The van der Waals surface area contributed by atoms with E-state index in [9.17, 15) is 8.78 Å². The minimum Gasteiger partial charge on any atom is -0.395 e. The minimum atomic E-state index is -0.510. The van der Waals surface area contributed by atoms with E-state index in [0.717, 1.165) is 18.2 Å². The summed E-state index contributed by atoms with van der Waals surface area (Å²) in [5, 5.41) is 8.73. The van der Waals surface area contributed by atoms with Crippen LogP contribution in [-0.2, 0) is 0 Å². The van der Waals surface area contributed by atoms with Crippen molar-refractivity contribution in [1.29, 1.82) is 0 Å². The van der Waals surface area contributed by atoms with Gasteiger partial charge in [0.1, 0.15) is 11.6 Å². The van der Waals surface area contributed by atoms with Gasteiger partial charge in [-0.15, -0.1) is 0 Å². The molecule has 0 aliphatic carbocycles. The zero-order valence-corrected chi connectivity index (χ0v) is 8.45. The van der Waals surface area contributed by atoms with Crippen LogP contribution in [0.1, 0.15) is 0 Å². The molecule has 84 valence electrons. The van der Waals surface area contributed by atoms with Crippen molar-refractivity contribution in [2.24, 2.45) is 5.73 Å². The van der Waals surface area contributed by atoms with Gasteiger partial charge in [0.2, 0.25) is 0 Å². The number of rotatable bonds is 4. The number of halogens is 2. The third kappa shape index (κ3) is 3.14. The number of hydrogen-bond acceptors (Lipinski definition) is 3. The highest BCUT2D eigenvalue weighted by molar-refractivity contribution is 5.47. The Kier molecular flexibility index (Phi) is 3.99. The number of anilines is 1. The van der Waals surface area contributed by atoms with Gasteiger partial charge >= 0.3 is 0 Å². The van der Waals surface area contributed by atoms with Gasteiger partial charge in [-0.25, -0.2) is 8.78 Å². The van der Waals surface area contributed by atoms with Crippen LogP contribution in [0.25, 0.3) is 0 Å². The quantitative estimate of drug-likeness (QED) is 0.779. The maximum Gasteiger partial charge on any atom is 0.146 e. The number of hydrogen-bond donors (Lipinski definition) is 2. The number of aliphatic hydroxyl groups excluding tert-OH is 1. The maximum atomic E-state index is 13.3. The Bertz CT molecular complexity index is 333. The molecule has 0 aliphatic heterocycles. The first kappa shape index (κ1) is 11.9. The van der Waals surface area contributed by atoms with Crippen LogP contribution >= 0.6 is 0 Å². The summed E-state index contributed by atoms with van der Waals surface area (Å²) in [6, 6.07) is 2.74. The standard InChI is InChI=1S/C10H14F2N2O/c1-14(5-8(13)6-15)10-4-7(11)2-3-9(10)12/h2-4,8,15H,5-6,13H2,1H3. The first-order valence-electron chi connectivity index (χ1n) is 4.57. The Morgan fingerprint density at radius 3 is 2.73 bits per heavy atom. The normalized spacial score (nSPS) is 12.6. The predicted molar refractivity (Wildman–Crippen MR) is 54.7 cm³/mol. The van der Waals surface area contributed by atoms with Crippen molar-refractivity contribution in [3.05, 3.63) is 29.8 Å². The van der Waals surface area contributed by atoms with E-state index in [1.165, 1.54) is 4.90 Å². The van der Waals surface area contributed by atoms with E-state index in [-0.39, 0.29) is 18.8 Å². The van der Waals surface area contributed by atoms with Gasteiger partial charge < -0.3 is 15.7 Å². The van der Waals surface area contributed by atoms with Crippen molar-refractivity contribution in [1.82, 2.24) is 0 Å². The molecule has 0 spiro atoms. The second-order valence-corrected chi connectivity index (χ2v) is 3.42. The first-order valence-corrected chi connectivity index (χ1v) is 4.57. The zero-order valence-electron chi connectivity index (χ0n) is 8.45. The van der Waals surface area contributed by atoms with Crippen molar-refractivity contribution in [3.8, 4) is 0 Å². The lowest BCUT2D eigenvalue weighted by Gasteiger charge is -2.22. The van der Waals surface area contributed by atoms with E-state index in [0.29, 0.717) is 0 Å². The highest BCUT2D eigenvalue weighted by Crippen LogP contribution is 2.18. The largest absolute Gasteiger partial charge is 0.395 e. The molecular formula is C10H14F2N2O. The molecule has 1 atom stereocenters. The number of aliphatic hydroxyl groups is 1. The van der Waals surface area contributed by atoms with Crippen molar-refractivity contribution in [2.75, 3.05) is 25.1 Å². The molecule has 0 heterocycles. The molecule has 15 heavy (non-hydrogen) atoms. The van der Waals surface area contributed by atoms with Crippen molar-refractivity contribution >= 4 is 5.69 Å². The SMILES string of the molecule is CN(CC(N)CO)c1cc(F)ccc1F. The van der Waals surface area contributed by atoms with E-state index in [1.807, 2.05) is 0 Å². The van der Waals surface area contributed by atoms with Crippen LogP contribution in [0.2, 0.25) is 0 Å². The molecule has 0 aliphatic rings. The monoisotopic (exact) mass is 216 g/mol. The third-order valence-electron chi connectivity index (χ3n) is 2.06. The summed E-state index contributed by atoms with van der Waals surface area (Å²) in [5.74, 6) is -1.01. The molecule has 5 heteroatoms. The average Bonchev–Trinajstić information content (AvgIpc) is 2.21. The Hall–Kier alpha value is -1.20. The van der Waals surface area contributed by atoms with Crippen molar-refractivity contribution in [2.45, 2.75) is 6.04 Å².